The van der Waals surface area contributed by atoms with Crippen LogP contribution in [0.4, 0.5) is 0 Å². The van der Waals surface area contributed by atoms with Crippen LogP contribution in [0.1, 0.15) is 62.2 Å². The molecule has 0 fully saturated rings. The number of rotatable bonds is 28. The number of phenolic OH excluding ortho intramolecular Hbond substituents is 1. The van der Waals surface area contributed by atoms with Crippen molar-refractivity contribution < 1.29 is 69.2 Å². The molecule has 1 aromatic rings. The number of aliphatic hydroxyl groups is 2. The van der Waals surface area contributed by atoms with Crippen LogP contribution in [0.15, 0.2) is 24.3 Å². The van der Waals surface area contributed by atoms with Gasteiger partial charge in [0.2, 0.25) is 35.9 Å². The second kappa shape index (κ2) is 26.4. The largest absolute Gasteiger partial charge is 0.507 e. The number of phenols is 1. The van der Waals surface area contributed by atoms with Crippen LogP contribution in [0.3, 0.4) is 0 Å². The number of nitrogens with two attached hydrogens (primary N) is 1. The van der Waals surface area contributed by atoms with Crippen molar-refractivity contribution >= 4 is 47.8 Å². The van der Waals surface area contributed by atoms with E-state index in [1.165, 1.54) is 38.2 Å². The monoisotopic (exact) mass is 813 g/mol. The number of hydrogen-bond donors (Lipinski definition) is 13. The highest BCUT2D eigenvalue weighted by Crippen LogP contribution is 2.15. The van der Waals surface area contributed by atoms with Gasteiger partial charge in [0.25, 0.3) is 5.91 Å². The molecule has 6 atom stereocenters. The van der Waals surface area contributed by atoms with E-state index in [0.717, 1.165) is 4.90 Å². The Bertz CT molecular complexity index is 1500. The maximum Gasteiger partial charge on any atom is 0.326 e. The Hall–Kier alpha value is -5.46. The van der Waals surface area contributed by atoms with Crippen molar-refractivity contribution in [1.29, 1.82) is 0 Å². The second-order valence-electron chi connectivity index (χ2n) is 12.9. The third-order valence-electron chi connectivity index (χ3n) is 8.50. The summed E-state index contributed by atoms with van der Waals surface area (Å²) in [6.45, 7) is -0.0818. The Morgan fingerprint density at radius 2 is 1.51 bits per heavy atom. The van der Waals surface area contributed by atoms with E-state index in [2.05, 4.69) is 26.6 Å². The summed E-state index contributed by atoms with van der Waals surface area (Å²) in [7, 11) is 1.21. The lowest BCUT2D eigenvalue weighted by Crippen LogP contribution is -2.59. The van der Waals surface area contributed by atoms with Crippen LogP contribution in [-0.4, -0.2) is 165 Å². The van der Waals surface area contributed by atoms with Gasteiger partial charge in [0.1, 0.15) is 36.0 Å². The fourth-order valence-electron chi connectivity index (χ4n) is 5.30. The van der Waals surface area contributed by atoms with Gasteiger partial charge >= 0.3 is 5.97 Å². The van der Waals surface area contributed by atoms with Crippen molar-refractivity contribution in [2.24, 2.45) is 5.73 Å². The molecule has 1 rings (SSSR count). The minimum Gasteiger partial charge on any atom is -0.507 e. The molecule has 23 heteroatoms. The molecule has 57 heavy (non-hydrogen) atoms. The number of carboxylic acids is 1. The molecular weight excluding hydrogens is 758 g/mol. The summed E-state index contributed by atoms with van der Waals surface area (Å²) < 4.78 is 0. The minimum absolute atomic E-state index is 0.00157. The number of hydroxylamine groups is 3. The molecule has 23 nitrogen and oxygen atoms in total. The molecule has 0 spiro atoms. The number of carboxylic acid groups (broad SMARTS) is 1. The molecule has 0 aliphatic heterocycles. The molecule has 1 unspecified atom stereocenters. The van der Waals surface area contributed by atoms with Crippen LogP contribution in [0.25, 0.3) is 0 Å². The van der Waals surface area contributed by atoms with Crippen molar-refractivity contribution in [2.75, 3.05) is 39.8 Å². The van der Waals surface area contributed by atoms with Crippen molar-refractivity contribution in [1.82, 2.24) is 42.0 Å². The summed E-state index contributed by atoms with van der Waals surface area (Å²) >= 11 is 0. The molecule has 14 N–H and O–H groups in total. The number of aromatic hydroxyl groups is 1. The molecule has 0 saturated heterocycles. The second-order valence-corrected chi connectivity index (χ2v) is 12.9. The van der Waals surface area contributed by atoms with Gasteiger partial charge in [-0.1, -0.05) is 12.1 Å². The Morgan fingerprint density at radius 3 is 2.09 bits per heavy atom. The first-order valence-electron chi connectivity index (χ1n) is 18.1. The number of likely N-dealkylation sites (N-methyl/N-ethyl adjacent to an activating group) is 1. The molecule has 0 heterocycles. The molecule has 320 valence electrons. The number of carbonyl (C=O) groups excluding carboxylic acids is 7. The van der Waals surface area contributed by atoms with Gasteiger partial charge < -0.3 is 62.9 Å². The van der Waals surface area contributed by atoms with Gasteiger partial charge in [-0.3, -0.25) is 38.8 Å². The van der Waals surface area contributed by atoms with Gasteiger partial charge in [0.05, 0.1) is 18.3 Å². The van der Waals surface area contributed by atoms with Crippen LogP contribution < -0.4 is 37.8 Å². The van der Waals surface area contributed by atoms with Gasteiger partial charge in [0.15, 0.2) is 0 Å². The fraction of sp³-hybridized carbons (Fsp3) is 0.588. The van der Waals surface area contributed by atoms with E-state index in [1.807, 2.05) is 5.48 Å². The first-order valence-corrected chi connectivity index (χ1v) is 18.1. The quantitative estimate of drug-likeness (QED) is 0.0165. The van der Waals surface area contributed by atoms with Gasteiger partial charge in [-0.05, 0) is 64.1 Å². The lowest BCUT2D eigenvalue weighted by Gasteiger charge is -2.33. The van der Waals surface area contributed by atoms with E-state index in [0.29, 0.717) is 5.06 Å². The molecule has 0 saturated carbocycles. The standard InChI is InChI=1S/C34H55N9O14/c1-20(46)28(41-27(48)13-16-36-30(50)24(18-44)40-29(49)21-8-3-4-12-26(21)47)33(53)42(2)25(11-6-15-37-56)32(52)38-22(9-5-14-35)31(51)39-23(34(54)55)10-7-17-43(57)19-45/h3-4,8,12,19-20,22-25,28,37,44,46-47,56-57H,5-7,9-11,13-18,35H2,1-2H3,(H,36,50)(H,38,52)(H,39,51)(H,40,49)(H,41,48)(H,54,55)/t20-,22-,23-,24-,25?,28+/m0/s1. The molecule has 0 aliphatic rings. The molecule has 0 radical (unpaired) electrons. The molecule has 0 aromatic heterocycles. The smallest absolute Gasteiger partial charge is 0.326 e. The predicted molar refractivity (Wildman–Crippen MR) is 197 cm³/mol. The number of para-hydroxylation sites is 1. The van der Waals surface area contributed by atoms with E-state index < -0.39 is 90.8 Å². The van der Waals surface area contributed by atoms with Crippen molar-refractivity contribution in [2.45, 2.75) is 88.2 Å². The molecule has 0 aliphatic carbocycles. The first kappa shape index (κ1) is 49.6. The van der Waals surface area contributed by atoms with Crippen LogP contribution >= 0.6 is 0 Å². The van der Waals surface area contributed by atoms with E-state index in [9.17, 15) is 64.0 Å². The SMILES string of the molecule is C[C@H](O)[C@@H](NC(=O)CCNC(=O)[C@H](CO)NC(=O)c1ccccc1O)C(=O)N(C)C(CCCNO)C(=O)N[C@@H](CCCN)C(=O)N[C@@H](CCCN(O)C=O)C(=O)O. The molecular formula is C34H55N9O14. The van der Waals surface area contributed by atoms with E-state index in [4.69, 9.17) is 10.9 Å². The average molecular weight is 814 g/mol. The summed E-state index contributed by atoms with van der Waals surface area (Å²) in [5.41, 5.74) is 7.39. The Balaban J connectivity index is 3.03. The van der Waals surface area contributed by atoms with Crippen LogP contribution in [0.2, 0.25) is 0 Å². The third kappa shape index (κ3) is 17.5. The molecule has 0 bridgehead atoms. The Labute approximate surface area is 328 Å². The van der Waals surface area contributed by atoms with Gasteiger partial charge in [0, 0.05) is 33.1 Å². The summed E-state index contributed by atoms with van der Waals surface area (Å²) in [6.07, 6.45) is -1.81. The van der Waals surface area contributed by atoms with Gasteiger partial charge in [-0.15, -0.1) is 0 Å². The number of hydrogen-bond acceptors (Lipinski definition) is 15. The first-order chi connectivity index (χ1) is 27.0. The number of carbonyl (C=O) groups is 8. The van der Waals surface area contributed by atoms with E-state index in [-0.39, 0.29) is 82.4 Å². The third-order valence-corrected chi connectivity index (χ3v) is 8.50. The van der Waals surface area contributed by atoms with Crippen molar-refractivity contribution in [3.8, 4) is 5.75 Å². The number of amides is 7. The lowest BCUT2D eigenvalue weighted by molar-refractivity contribution is -0.150. The average Bonchev–Trinajstić information content (AvgIpc) is 3.17. The fourth-order valence-corrected chi connectivity index (χ4v) is 5.30. The van der Waals surface area contributed by atoms with Crippen LogP contribution in [-0.2, 0) is 33.6 Å². The van der Waals surface area contributed by atoms with E-state index in [1.54, 1.807) is 0 Å². The van der Waals surface area contributed by atoms with E-state index >= 15 is 0 Å². The zero-order valence-corrected chi connectivity index (χ0v) is 31.8. The highest BCUT2D eigenvalue weighted by molar-refractivity contribution is 5.99. The number of aliphatic carboxylic acids is 1. The van der Waals surface area contributed by atoms with Crippen LogP contribution in [0, 0.1) is 0 Å². The topological polar surface area (TPSA) is 363 Å². The zero-order chi connectivity index (χ0) is 43.1. The normalized spacial score (nSPS) is 14.0. The van der Waals surface area contributed by atoms with Gasteiger partial charge in [-0.25, -0.2) is 15.3 Å². The number of benzene rings is 1. The summed E-state index contributed by atoms with van der Waals surface area (Å²) in [4.78, 5) is 102. The summed E-state index contributed by atoms with van der Waals surface area (Å²) in [6, 6.07) is -1.69. The highest BCUT2D eigenvalue weighted by atomic mass is 16.5. The Morgan fingerprint density at radius 1 is 0.860 bits per heavy atom. The van der Waals surface area contributed by atoms with Crippen molar-refractivity contribution in [3.63, 3.8) is 0 Å². The maximum atomic E-state index is 13.7. The number of nitrogens with zero attached hydrogens (tertiary/aromatic N) is 2. The Kier molecular flexibility index (Phi) is 23.0. The van der Waals surface area contributed by atoms with Crippen LogP contribution in [0.5, 0.6) is 5.75 Å². The molecule has 7 amide bonds. The zero-order valence-electron chi connectivity index (χ0n) is 31.8. The predicted octanol–water partition coefficient (Wildman–Crippen LogP) is -4.14. The number of aliphatic hydroxyl groups excluding tert-OH is 2. The van der Waals surface area contributed by atoms with Gasteiger partial charge in [-0.2, -0.15) is 0 Å². The minimum atomic E-state index is -1.62. The summed E-state index contributed by atoms with van der Waals surface area (Å²) in [5.74, 6) is -7.01. The summed E-state index contributed by atoms with van der Waals surface area (Å²) in [5, 5.41) is 70.1. The lowest BCUT2D eigenvalue weighted by atomic mass is 10.0. The van der Waals surface area contributed by atoms with Crippen molar-refractivity contribution in [3.05, 3.63) is 29.8 Å². The maximum absolute atomic E-state index is 13.7. The number of nitrogens with one attached hydrogen (secondary N) is 6. The highest BCUT2D eigenvalue weighted by Gasteiger charge is 2.36. The molecule has 1 aromatic carbocycles.